The molecule has 0 radical (unpaired) electrons. The van der Waals surface area contributed by atoms with E-state index in [1.807, 2.05) is 25.1 Å². The van der Waals surface area contributed by atoms with Gasteiger partial charge in [0, 0.05) is 6.54 Å². The number of rotatable bonds is 7. The summed E-state index contributed by atoms with van der Waals surface area (Å²) in [6.07, 6.45) is 1.96. The van der Waals surface area contributed by atoms with Crippen molar-refractivity contribution < 1.29 is 29.3 Å². The number of carbonyl (C=O) groups excluding carboxylic acids is 2. The van der Waals surface area contributed by atoms with Crippen LogP contribution in [0.25, 0.3) is 0 Å². The van der Waals surface area contributed by atoms with E-state index >= 15 is 0 Å². The minimum Gasteiger partial charge on any atom is -0.461 e. The van der Waals surface area contributed by atoms with Crippen molar-refractivity contribution in [2.24, 2.45) is 11.8 Å². The van der Waals surface area contributed by atoms with Gasteiger partial charge in [-0.1, -0.05) is 44.2 Å². The van der Waals surface area contributed by atoms with Gasteiger partial charge in [-0.05, 0) is 69.8 Å². The highest BCUT2D eigenvalue weighted by Gasteiger charge is 2.54. The number of hydrogen-bond donors (Lipinski definition) is 2. The number of amides is 1. The van der Waals surface area contributed by atoms with Gasteiger partial charge in [0.25, 0.3) is 11.7 Å². The van der Waals surface area contributed by atoms with Crippen LogP contribution in [0.1, 0.15) is 65.4 Å². The van der Waals surface area contributed by atoms with Crippen LogP contribution >= 0.6 is 0 Å². The lowest BCUT2D eigenvalue weighted by Gasteiger charge is -2.37. The smallest absolute Gasteiger partial charge is 0.329 e. The average Bonchev–Trinajstić information content (AvgIpc) is 3.27. The van der Waals surface area contributed by atoms with Crippen molar-refractivity contribution in [1.29, 1.82) is 0 Å². The van der Waals surface area contributed by atoms with Crippen molar-refractivity contribution in [2.45, 2.75) is 96.4 Å². The van der Waals surface area contributed by atoms with E-state index in [1.54, 1.807) is 13.8 Å². The fraction of sp³-hybridized carbons (Fsp3) is 0.692. The molecule has 7 nitrogen and oxygen atoms in total. The molecule has 7 unspecified atom stereocenters. The van der Waals surface area contributed by atoms with Crippen LogP contribution in [-0.2, 0) is 25.5 Å². The van der Waals surface area contributed by atoms with E-state index < -0.39 is 29.8 Å². The number of esters is 1. The lowest BCUT2D eigenvalue weighted by Crippen LogP contribution is -2.61. The van der Waals surface area contributed by atoms with Crippen LogP contribution in [0.3, 0.4) is 0 Å². The van der Waals surface area contributed by atoms with Crippen LogP contribution in [0.4, 0.5) is 0 Å². The number of aliphatic hydroxyl groups excluding tert-OH is 1. The molecule has 3 rings (SSSR count). The normalized spacial score (nSPS) is 32.1. The summed E-state index contributed by atoms with van der Waals surface area (Å²) in [7, 11) is 0. The maximum Gasteiger partial charge on any atom is 0.329 e. The number of benzene rings is 1. The summed E-state index contributed by atoms with van der Waals surface area (Å²) < 4.78 is 11.5. The van der Waals surface area contributed by atoms with Crippen LogP contribution in [0.15, 0.2) is 30.3 Å². The fourth-order valence-electron chi connectivity index (χ4n) is 5.03. The molecule has 1 amide bonds. The summed E-state index contributed by atoms with van der Waals surface area (Å²) in [5.74, 6) is -3.73. The molecule has 184 valence electrons. The van der Waals surface area contributed by atoms with E-state index in [0.29, 0.717) is 32.2 Å². The number of ether oxygens (including phenoxy) is 2. The fourth-order valence-corrected chi connectivity index (χ4v) is 5.03. The Morgan fingerprint density at radius 2 is 1.91 bits per heavy atom. The first-order valence-corrected chi connectivity index (χ1v) is 12.3. The molecule has 0 spiro atoms. The Morgan fingerprint density at radius 3 is 2.58 bits per heavy atom. The third-order valence-electron chi connectivity index (χ3n) is 7.27. The van der Waals surface area contributed by atoms with Crippen molar-refractivity contribution in [3.63, 3.8) is 0 Å². The minimum atomic E-state index is -2.36. The molecule has 1 aromatic carbocycles. The first-order chi connectivity index (χ1) is 15.7. The zero-order valence-corrected chi connectivity index (χ0v) is 20.3. The highest BCUT2D eigenvalue weighted by molar-refractivity contribution is 5.89. The topological polar surface area (TPSA) is 96.3 Å². The van der Waals surface area contributed by atoms with E-state index in [1.165, 1.54) is 10.5 Å². The van der Waals surface area contributed by atoms with Gasteiger partial charge in [-0.25, -0.2) is 4.79 Å². The summed E-state index contributed by atoms with van der Waals surface area (Å²) in [6, 6.07) is 9.31. The zero-order valence-electron chi connectivity index (χ0n) is 20.3. The lowest BCUT2D eigenvalue weighted by atomic mass is 9.92. The minimum absolute atomic E-state index is 0.153. The largest absolute Gasteiger partial charge is 0.461 e. The second-order valence-corrected chi connectivity index (χ2v) is 9.78. The summed E-state index contributed by atoms with van der Waals surface area (Å²) in [6.45, 7) is 7.85. The molecule has 2 aliphatic heterocycles. The highest BCUT2D eigenvalue weighted by atomic mass is 16.7. The van der Waals surface area contributed by atoms with Crippen LogP contribution in [0.2, 0.25) is 0 Å². The standard InChI is InChI=1S/C26H39NO6/c1-5-21(16-20-10-7-6-8-11-20)19(4)32-24(29)22-12-9-15-27(22)25(30)26(31)23(28)17(2)13-14-18(3)33-26/h6-8,10-11,17-19,21-23,28,31H,5,9,12-16H2,1-4H3. The number of aliphatic hydroxyl groups is 2. The Bertz CT molecular complexity index is 801. The van der Waals surface area contributed by atoms with Crippen LogP contribution < -0.4 is 0 Å². The maximum absolute atomic E-state index is 13.4. The molecule has 2 N–H and O–H groups in total. The van der Waals surface area contributed by atoms with Crippen molar-refractivity contribution in [1.82, 2.24) is 4.90 Å². The monoisotopic (exact) mass is 461 g/mol. The second kappa shape index (κ2) is 11.0. The second-order valence-electron chi connectivity index (χ2n) is 9.78. The Kier molecular flexibility index (Phi) is 8.54. The Labute approximate surface area is 197 Å². The molecular weight excluding hydrogens is 422 g/mol. The van der Waals surface area contributed by atoms with Gasteiger partial charge in [-0.15, -0.1) is 0 Å². The molecule has 2 heterocycles. The van der Waals surface area contributed by atoms with Gasteiger partial charge in [0.15, 0.2) is 0 Å². The Hall–Kier alpha value is -1.96. The molecule has 1 aromatic rings. The molecule has 0 aliphatic carbocycles. The first-order valence-electron chi connectivity index (χ1n) is 12.3. The van der Waals surface area contributed by atoms with Gasteiger partial charge in [0.05, 0.1) is 6.10 Å². The van der Waals surface area contributed by atoms with Crippen LogP contribution in [0, 0.1) is 11.8 Å². The SMILES string of the molecule is CCC(Cc1ccccc1)C(C)OC(=O)C1CCCN1C(=O)C1(O)OC(C)CCC(C)C1O. The van der Waals surface area contributed by atoms with Gasteiger partial charge in [-0.3, -0.25) is 4.79 Å². The van der Waals surface area contributed by atoms with Crippen molar-refractivity contribution >= 4 is 11.9 Å². The zero-order chi connectivity index (χ0) is 24.2. The number of nitrogens with zero attached hydrogens (tertiary/aromatic N) is 1. The van der Waals surface area contributed by atoms with Gasteiger partial charge < -0.3 is 24.6 Å². The maximum atomic E-state index is 13.4. The van der Waals surface area contributed by atoms with Crippen molar-refractivity contribution in [2.75, 3.05) is 6.54 Å². The van der Waals surface area contributed by atoms with Crippen molar-refractivity contribution in [3.8, 4) is 0 Å². The molecule has 7 atom stereocenters. The van der Waals surface area contributed by atoms with Gasteiger partial charge in [0.1, 0.15) is 18.2 Å². The third kappa shape index (κ3) is 5.76. The Morgan fingerprint density at radius 1 is 1.21 bits per heavy atom. The van der Waals surface area contributed by atoms with E-state index in [4.69, 9.17) is 9.47 Å². The number of hydrogen-bond acceptors (Lipinski definition) is 6. The molecule has 0 saturated carbocycles. The quantitative estimate of drug-likeness (QED) is 0.606. The van der Waals surface area contributed by atoms with Gasteiger partial charge in [0.2, 0.25) is 0 Å². The predicted molar refractivity (Wildman–Crippen MR) is 124 cm³/mol. The molecule has 2 aliphatic rings. The Balaban J connectivity index is 1.69. The molecule has 33 heavy (non-hydrogen) atoms. The van der Waals surface area contributed by atoms with Crippen LogP contribution in [0.5, 0.6) is 0 Å². The van der Waals surface area contributed by atoms with Crippen LogP contribution in [-0.4, -0.2) is 63.7 Å². The lowest BCUT2D eigenvalue weighted by molar-refractivity contribution is -0.267. The van der Waals surface area contributed by atoms with Crippen molar-refractivity contribution in [3.05, 3.63) is 35.9 Å². The summed E-state index contributed by atoms with van der Waals surface area (Å²) in [4.78, 5) is 27.8. The summed E-state index contributed by atoms with van der Waals surface area (Å²) in [5.41, 5.74) is 1.19. The number of likely N-dealkylation sites (tertiary alicyclic amines) is 1. The average molecular weight is 462 g/mol. The first kappa shape index (κ1) is 25.7. The van der Waals surface area contributed by atoms with Gasteiger partial charge in [-0.2, -0.15) is 0 Å². The third-order valence-corrected chi connectivity index (χ3v) is 7.27. The van der Waals surface area contributed by atoms with E-state index in [-0.39, 0.29) is 24.0 Å². The molecule has 0 aromatic heterocycles. The molecule has 7 heteroatoms. The van der Waals surface area contributed by atoms with Gasteiger partial charge >= 0.3 is 5.97 Å². The molecular formula is C26H39NO6. The molecule has 2 saturated heterocycles. The van der Waals surface area contributed by atoms with E-state index in [0.717, 1.165) is 12.8 Å². The predicted octanol–water partition coefficient (Wildman–Crippen LogP) is 3.06. The summed E-state index contributed by atoms with van der Waals surface area (Å²) in [5, 5.41) is 21.8. The molecule has 2 fully saturated rings. The number of carbonyl (C=O) groups is 2. The van der Waals surface area contributed by atoms with E-state index in [9.17, 15) is 19.8 Å². The summed E-state index contributed by atoms with van der Waals surface area (Å²) >= 11 is 0. The highest BCUT2D eigenvalue weighted by Crippen LogP contribution is 2.34. The molecule has 0 bridgehead atoms. The van der Waals surface area contributed by atoms with E-state index in [2.05, 4.69) is 19.1 Å².